The van der Waals surface area contributed by atoms with E-state index in [1.54, 1.807) is 0 Å². The number of nitrogens with one attached hydrogen (secondary N) is 2. The Morgan fingerprint density at radius 1 is 0.867 bits per heavy atom. The van der Waals surface area contributed by atoms with Crippen LogP contribution < -0.4 is 15.6 Å². The first-order valence-electron chi connectivity index (χ1n) is 15.2. The Hall–Kier alpha value is -3.50. The first kappa shape index (κ1) is 32.9. The van der Waals surface area contributed by atoms with Gasteiger partial charge in [0, 0.05) is 46.1 Å². The fourth-order valence-corrected chi connectivity index (χ4v) is 6.23. The first-order chi connectivity index (χ1) is 22.0. The van der Waals surface area contributed by atoms with Crippen molar-refractivity contribution < 1.29 is 19.4 Å². The van der Waals surface area contributed by atoms with Gasteiger partial charge >= 0.3 is 0 Å². The highest BCUT2D eigenvalue weighted by Crippen LogP contribution is 2.45. The minimum atomic E-state index is -1.32. The summed E-state index contributed by atoms with van der Waals surface area (Å²) < 4.78 is 14.1. The molecule has 234 valence electrons. The number of aryl methyl sites for hydroxylation is 1. The number of nitrogens with zero attached hydrogens (tertiary/aromatic N) is 1. The van der Waals surface area contributed by atoms with Gasteiger partial charge in [0.25, 0.3) is 5.91 Å². The molecule has 45 heavy (non-hydrogen) atoms. The smallest absolute Gasteiger partial charge is 0.266 e. The summed E-state index contributed by atoms with van der Waals surface area (Å²) in [5.41, 5.74) is 8.63. The van der Waals surface area contributed by atoms with Crippen molar-refractivity contribution in [2.24, 2.45) is 4.99 Å². The minimum absolute atomic E-state index is 0.0728. The average molecular weight is 736 g/mol. The normalized spacial score (nSPS) is 17.4. The van der Waals surface area contributed by atoms with Gasteiger partial charge in [-0.05, 0) is 66.8 Å². The molecule has 1 aliphatic heterocycles. The predicted octanol–water partition coefficient (Wildman–Crippen LogP) is 7.12. The highest BCUT2D eigenvalue weighted by Gasteiger charge is 2.54. The molecule has 0 radical (unpaired) electrons. The van der Waals surface area contributed by atoms with Crippen molar-refractivity contribution in [1.82, 2.24) is 10.9 Å². The maximum absolute atomic E-state index is 14.4. The predicted molar refractivity (Wildman–Crippen MR) is 184 cm³/mol. The van der Waals surface area contributed by atoms with Crippen LogP contribution in [0.25, 0.3) is 0 Å². The monoisotopic (exact) mass is 733 g/mol. The van der Waals surface area contributed by atoms with Gasteiger partial charge in [-0.25, -0.2) is 10.4 Å². The summed E-state index contributed by atoms with van der Waals surface area (Å²) in [6, 6.07) is 33.5. The quantitative estimate of drug-likeness (QED) is 0.0895. The van der Waals surface area contributed by atoms with Gasteiger partial charge in [0.15, 0.2) is 11.6 Å². The summed E-state index contributed by atoms with van der Waals surface area (Å²) in [5, 5.41) is 9.07. The second-order valence-corrected chi connectivity index (χ2v) is 12.6. The first-order valence-corrected chi connectivity index (χ1v) is 16.7. The maximum Gasteiger partial charge on any atom is 0.266 e. The third-order valence-electron chi connectivity index (χ3n) is 7.70. The van der Waals surface area contributed by atoms with E-state index in [2.05, 4.69) is 67.0 Å². The molecule has 0 fully saturated rings. The fraction of sp³-hybridized carbons (Fsp3) is 0.278. The number of aliphatic hydroxyl groups is 1. The number of hydrogen-bond acceptors (Lipinski definition) is 6. The summed E-state index contributed by atoms with van der Waals surface area (Å²) in [6.07, 6.45) is 3.03. The molecule has 0 bridgehead atoms. The van der Waals surface area contributed by atoms with Gasteiger partial charge in [0.2, 0.25) is 5.90 Å². The molecule has 1 heterocycles. The van der Waals surface area contributed by atoms with Gasteiger partial charge in [0.1, 0.15) is 5.75 Å². The lowest BCUT2D eigenvalue weighted by atomic mass is 9.82. The zero-order chi connectivity index (χ0) is 31.5. The van der Waals surface area contributed by atoms with Crippen LogP contribution in [0.5, 0.6) is 5.75 Å². The Labute approximate surface area is 281 Å². The zero-order valence-corrected chi connectivity index (χ0v) is 28.1. The standard InChI is InChI=1S/C36H37Br2N3O4/c37-31-16-6-4-14-28(31)25-36(35(43)41-39-22-9-8-13-26-11-2-1-3-12-26)33(30-15-5-7-17-32(30)38)45-34(40-36)27-18-20-29(21-19-27)44-24-10-23-42/h1-7,11-12,14-21,33,39,42H,8-10,13,22-25H2,(H,41,43)/t33-,36-/m0/s1. The number of benzene rings is 4. The number of carbonyl (C=O) groups is 1. The average Bonchev–Trinajstić information content (AvgIpc) is 3.45. The number of hydrogen-bond donors (Lipinski definition) is 3. The summed E-state index contributed by atoms with van der Waals surface area (Å²) in [6.45, 7) is 1.12. The van der Waals surface area contributed by atoms with Crippen LogP contribution in [-0.2, 0) is 22.4 Å². The number of ether oxygens (including phenoxy) is 2. The minimum Gasteiger partial charge on any atom is -0.494 e. The van der Waals surface area contributed by atoms with Crippen molar-refractivity contribution >= 4 is 43.7 Å². The van der Waals surface area contributed by atoms with Crippen molar-refractivity contribution in [3.63, 3.8) is 0 Å². The van der Waals surface area contributed by atoms with Crippen molar-refractivity contribution in [3.8, 4) is 5.75 Å². The lowest BCUT2D eigenvalue weighted by molar-refractivity contribution is -0.130. The van der Waals surface area contributed by atoms with Crippen LogP contribution >= 0.6 is 31.9 Å². The lowest BCUT2D eigenvalue weighted by Gasteiger charge is -2.31. The van der Waals surface area contributed by atoms with E-state index in [0.29, 0.717) is 37.6 Å². The molecule has 0 aromatic heterocycles. The van der Waals surface area contributed by atoms with Gasteiger partial charge in [-0.2, -0.15) is 0 Å². The SMILES string of the molecule is O=C(NNCCCCc1ccccc1)[C@@]1(Cc2ccccc2Br)N=C(c2ccc(OCCCO)cc2)O[C@H]1c1ccccc1Br. The van der Waals surface area contributed by atoms with Crippen molar-refractivity contribution in [3.05, 3.63) is 134 Å². The van der Waals surface area contributed by atoms with E-state index in [4.69, 9.17) is 19.6 Å². The van der Waals surface area contributed by atoms with E-state index in [0.717, 1.165) is 44.9 Å². The molecular formula is C36H37Br2N3O4. The Kier molecular flexibility index (Phi) is 11.8. The molecule has 0 aliphatic carbocycles. The molecule has 4 aromatic rings. The van der Waals surface area contributed by atoms with Crippen LogP contribution in [0.3, 0.4) is 0 Å². The summed E-state index contributed by atoms with van der Waals surface area (Å²) >= 11 is 7.39. The number of aliphatic imine (C=N–C) groups is 1. The molecule has 2 atom stereocenters. The molecule has 1 amide bonds. The molecular weight excluding hydrogens is 698 g/mol. The van der Waals surface area contributed by atoms with Crippen molar-refractivity contribution in [2.75, 3.05) is 19.8 Å². The third-order valence-corrected chi connectivity index (χ3v) is 9.19. The van der Waals surface area contributed by atoms with E-state index < -0.39 is 11.6 Å². The van der Waals surface area contributed by atoms with Crippen LogP contribution in [0.1, 0.15) is 47.6 Å². The highest BCUT2D eigenvalue weighted by atomic mass is 79.9. The lowest BCUT2D eigenvalue weighted by Crippen LogP contribution is -2.54. The Bertz CT molecular complexity index is 1580. The number of hydrazine groups is 1. The van der Waals surface area contributed by atoms with Gasteiger partial charge < -0.3 is 14.6 Å². The summed E-state index contributed by atoms with van der Waals surface area (Å²) in [7, 11) is 0. The molecule has 1 aliphatic rings. The number of halogens is 2. The maximum atomic E-state index is 14.4. The zero-order valence-electron chi connectivity index (χ0n) is 24.9. The number of carbonyl (C=O) groups excluding carboxylic acids is 1. The molecule has 0 spiro atoms. The summed E-state index contributed by atoms with van der Waals surface area (Å²) in [4.78, 5) is 19.5. The molecule has 5 rings (SSSR count). The topological polar surface area (TPSA) is 92.2 Å². The van der Waals surface area contributed by atoms with Crippen molar-refractivity contribution in [2.45, 2.75) is 43.7 Å². The van der Waals surface area contributed by atoms with Gasteiger partial charge in [-0.15, -0.1) is 0 Å². The Morgan fingerprint density at radius 3 is 2.31 bits per heavy atom. The molecule has 0 saturated carbocycles. The van der Waals surface area contributed by atoms with Crippen molar-refractivity contribution in [1.29, 1.82) is 0 Å². The second-order valence-electron chi connectivity index (χ2n) is 10.9. The second kappa shape index (κ2) is 16.2. The van der Waals surface area contributed by atoms with Gasteiger partial charge in [-0.1, -0.05) is 98.6 Å². The van der Waals surface area contributed by atoms with Gasteiger partial charge in [0.05, 0.1) is 6.61 Å². The molecule has 0 unspecified atom stereocenters. The van der Waals surface area contributed by atoms with Crippen LogP contribution in [-0.4, -0.2) is 42.2 Å². The van der Waals surface area contributed by atoms with Crippen LogP contribution in [0.4, 0.5) is 0 Å². The van der Waals surface area contributed by atoms with Gasteiger partial charge in [-0.3, -0.25) is 10.2 Å². The van der Waals surface area contributed by atoms with Crippen LogP contribution in [0, 0.1) is 0 Å². The van der Waals surface area contributed by atoms with E-state index in [1.807, 2.05) is 78.9 Å². The van der Waals surface area contributed by atoms with Crippen LogP contribution in [0.2, 0.25) is 0 Å². The molecule has 3 N–H and O–H groups in total. The van der Waals surface area contributed by atoms with Crippen LogP contribution in [0.15, 0.2) is 117 Å². The number of amides is 1. The largest absolute Gasteiger partial charge is 0.494 e. The fourth-order valence-electron chi connectivity index (χ4n) is 5.32. The Morgan fingerprint density at radius 2 is 1.58 bits per heavy atom. The Balaban J connectivity index is 1.42. The van der Waals surface area contributed by atoms with E-state index in [9.17, 15) is 4.79 Å². The van der Waals surface area contributed by atoms with E-state index >= 15 is 0 Å². The molecule has 4 aromatic carbocycles. The molecule has 9 heteroatoms. The van der Waals surface area contributed by atoms with E-state index in [1.165, 1.54) is 5.56 Å². The summed E-state index contributed by atoms with van der Waals surface area (Å²) in [5.74, 6) is 0.783. The van der Waals surface area contributed by atoms with E-state index in [-0.39, 0.29) is 12.5 Å². The third kappa shape index (κ3) is 8.41. The number of unbranched alkanes of at least 4 members (excludes halogenated alkanes) is 1. The number of rotatable bonds is 15. The highest BCUT2D eigenvalue weighted by molar-refractivity contribution is 9.10. The molecule has 0 saturated heterocycles. The number of aliphatic hydroxyl groups excluding tert-OH is 1. The molecule has 7 nitrogen and oxygen atoms in total.